The second kappa shape index (κ2) is 6.57. The molecular formula is C17H22FN3O. The van der Waals surface area contributed by atoms with E-state index in [1.165, 1.54) is 19.0 Å². The van der Waals surface area contributed by atoms with Gasteiger partial charge in [-0.15, -0.1) is 0 Å². The quantitative estimate of drug-likeness (QED) is 0.851. The van der Waals surface area contributed by atoms with Crippen LogP contribution in [0.15, 0.2) is 18.3 Å². The standard InChI is InChI=1S/C17H22FN3O/c1-3-12-6-8-21(11-12)9-7-13-14(18)10-19-15-4-5-16(22-2)20-17(13)15/h4-5,10,12H,3,6-9,11H2,1-2H3. The van der Waals surface area contributed by atoms with Gasteiger partial charge in [-0.25, -0.2) is 9.37 Å². The summed E-state index contributed by atoms with van der Waals surface area (Å²) in [7, 11) is 1.57. The van der Waals surface area contributed by atoms with Gasteiger partial charge in [0.2, 0.25) is 5.88 Å². The number of ether oxygens (including phenoxy) is 1. The molecular weight excluding hydrogens is 281 g/mol. The van der Waals surface area contributed by atoms with Crippen LogP contribution in [-0.4, -0.2) is 41.6 Å². The van der Waals surface area contributed by atoms with Crippen molar-refractivity contribution in [3.8, 4) is 5.88 Å². The number of hydrogen-bond donors (Lipinski definition) is 0. The summed E-state index contributed by atoms with van der Waals surface area (Å²) in [5, 5.41) is 0. The summed E-state index contributed by atoms with van der Waals surface area (Å²) in [5.41, 5.74) is 1.97. The van der Waals surface area contributed by atoms with Gasteiger partial charge in [0.25, 0.3) is 0 Å². The Hall–Kier alpha value is -1.75. The highest BCUT2D eigenvalue weighted by Crippen LogP contribution is 2.23. The Morgan fingerprint density at radius 1 is 1.41 bits per heavy atom. The molecule has 1 atom stereocenters. The van der Waals surface area contributed by atoms with Gasteiger partial charge in [0, 0.05) is 24.7 Å². The second-order valence-corrected chi connectivity index (χ2v) is 5.92. The average Bonchev–Trinajstić information content (AvgIpc) is 3.01. The van der Waals surface area contributed by atoms with Crippen molar-refractivity contribution in [2.75, 3.05) is 26.7 Å². The summed E-state index contributed by atoms with van der Waals surface area (Å²) in [6.07, 6.45) is 4.43. The predicted octanol–water partition coefficient (Wildman–Crippen LogP) is 3.05. The van der Waals surface area contributed by atoms with E-state index in [9.17, 15) is 4.39 Å². The van der Waals surface area contributed by atoms with Gasteiger partial charge in [0.05, 0.1) is 24.3 Å². The van der Waals surface area contributed by atoms with Crippen molar-refractivity contribution < 1.29 is 9.13 Å². The fourth-order valence-corrected chi connectivity index (χ4v) is 3.15. The molecule has 4 nitrogen and oxygen atoms in total. The molecule has 0 N–H and O–H groups in total. The van der Waals surface area contributed by atoms with Crippen LogP contribution in [0.25, 0.3) is 11.0 Å². The van der Waals surface area contributed by atoms with Crippen molar-refractivity contribution in [3.05, 3.63) is 29.7 Å². The third-order valence-electron chi connectivity index (χ3n) is 4.57. The Morgan fingerprint density at radius 3 is 3.00 bits per heavy atom. The molecule has 0 amide bonds. The Kier molecular flexibility index (Phi) is 4.52. The maximum Gasteiger partial charge on any atom is 0.213 e. The predicted molar refractivity (Wildman–Crippen MR) is 84.6 cm³/mol. The van der Waals surface area contributed by atoms with Gasteiger partial charge in [-0.3, -0.25) is 4.98 Å². The zero-order valence-corrected chi connectivity index (χ0v) is 13.2. The topological polar surface area (TPSA) is 38.2 Å². The van der Waals surface area contributed by atoms with Crippen LogP contribution in [0.3, 0.4) is 0 Å². The molecule has 1 aliphatic heterocycles. The van der Waals surface area contributed by atoms with E-state index in [0.29, 0.717) is 28.9 Å². The first kappa shape index (κ1) is 15.2. The van der Waals surface area contributed by atoms with Gasteiger partial charge in [-0.05, 0) is 31.4 Å². The third kappa shape index (κ3) is 3.04. The zero-order chi connectivity index (χ0) is 15.5. The van der Waals surface area contributed by atoms with Crippen LogP contribution >= 0.6 is 0 Å². The highest BCUT2D eigenvalue weighted by atomic mass is 19.1. The van der Waals surface area contributed by atoms with E-state index in [1.54, 1.807) is 13.2 Å². The minimum atomic E-state index is -0.278. The molecule has 0 spiro atoms. The van der Waals surface area contributed by atoms with Crippen molar-refractivity contribution in [2.45, 2.75) is 26.2 Å². The molecule has 118 valence electrons. The van der Waals surface area contributed by atoms with E-state index in [2.05, 4.69) is 21.8 Å². The number of nitrogens with zero attached hydrogens (tertiary/aromatic N) is 3. The fraction of sp³-hybridized carbons (Fsp3) is 0.529. The van der Waals surface area contributed by atoms with E-state index in [-0.39, 0.29) is 5.82 Å². The molecule has 1 aliphatic rings. The zero-order valence-electron chi connectivity index (χ0n) is 13.2. The number of pyridine rings is 2. The molecule has 5 heteroatoms. The van der Waals surface area contributed by atoms with E-state index >= 15 is 0 Å². The van der Waals surface area contributed by atoms with Crippen molar-refractivity contribution in [2.24, 2.45) is 5.92 Å². The molecule has 0 bridgehead atoms. The highest BCUT2D eigenvalue weighted by Gasteiger charge is 2.21. The van der Waals surface area contributed by atoms with Crippen molar-refractivity contribution in [1.29, 1.82) is 0 Å². The van der Waals surface area contributed by atoms with Crippen LogP contribution in [0.4, 0.5) is 4.39 Å². The lowest BCUT2D eigenvalue weighted by Crippen LogP contribution is -2.23. The Labute approximate surface area is 130 Å². The highest BCUT2D eigenvalue weighted by molar-refractivity contribution is 5.78. The Balaban J connectivity index is 1.81. The molecule has 0 radical (unpaired) electrons. The smallest absolute Gasteiger partial charge is 0.213 e. The van der Waals surface area contributed by atoms with Gasteiger partial charge in [-0.2, -0.15) is 0 Å². The second-order valence-electron chi connectivity index (χ2n) is 5.92. The molecule has 1 unspecified atom stereocenters. The number of aromatic nitrogens is 2. The monoisotopic (exact) mass is 303 g/mol. The molecule has 2 aromatic rings. The first-order valence-corrected chi connectivity index (χ1v) is 7.91. The Morgan fingerprint density at radius 2 is 2.27 bits per heavy atom. The van der Waals surface area contributed by atoms with Gasteiger partial charge in [0.15, 0.2) is 0 Å². The fourth-order valence-electron chi connectivity index (χ4n) is 3.15. The minimum absolute atomic E-state index is 0.278. The van der Waals surface area contributed by atoms with Gasteiger partial charge >= 0.3 is 0 Å². The van der Waals surface area contributed by atoms with Crippen LogP contribution in [0.5, 0.6) is 5.88 Å². The summed E-state index contributed by atoms with van der Waals surface area (Å²) >= 11 is 0. The minimum Gasteiger partial charge on any atom is -0.481 e. The van der Waals surface area contributed by atoms with Crippen molar-refractivity contribution in [1.82, 2.24) is 14.9 Å². The SMILES string of the molecule is CCC1CCN(CCc2c(F)cnc3ccc(OC)nc23)C1. The molecule has 0 aromatic carbocycles. The summed E-state index contributed by atoms with van der Waals surface area (Å²) in [5.74, 6) is 1.00. The lowest BCUT2D eigenvalue weighted by Gasteiger charge is -2.16. The van der Waals surface area contributed by atoms with Crippen LogP contribution in [0.1, 0.15) is 25.3 Å². The molecule has 1 fully saturated rings. The van der Waals surface area contributed by atoms with Crippen molar-refractivity contribution >= 4 is 11.0 Å². The van der Waals surface area contributed by atoms with E-state index in [4.69, 9.17) is 4.74 Å². The number of methoxy groups -OCH3 is 1. The molecule has 0 aliphatic carbocycles. The summed E-state index contributed by atoms with van der Waals surface area (Å²) in [6.45, 7) is 5.34. The number of fused-ring (bicyclic) bond motifs is 1. The first-order valence-electron chi connectivity index (χ1n) is 7.91. The average molecular weight is 303 g/mol. The van der Waals surface area contributed by atoms with E-state index in [0.717, 1.165) is 25.6 Å². The molecule has 3 rings (SSSR count). The number of hydrogen-bond acceptors (Lipinski definition) is 4. The van der Waals surface area contributed by atoms with Crippen LogP contribution in [0.2, 0.25) is 0 Å². The number of rotatable bonds is 5. The summed E-state index contributed by atoms with van der Waals surface area (Å²) in [4.78, 5) is 10.9. The summed E-state index contributed by atoms with van der Waals surface area (Å²) < 4.78 is 19.4. The van der Waals surface area contributed by atoms with Crippen LogP contribution in [0, 0.1) is 11.7 Å². The Bertz CT molecular complexity index is 662. The lowest BCUT2D eigenvalue weighted by molar-refractivity contribution is 0.325. The third-order valence-corrected chi connectivity index (χ3v) is 4.57. The molecule has 22 heavy (non-hydrogen) atoms. The van der Waals surface area contributed by atoms with Gasteiger partial charge in [0.1, 0.15) is 5.82 Å². The molecule has 3 heterocycles. The molecule has 0 saturated carbocycles. The van der Waals surface area contributed by atoms with Gasteiger partial charge < -0.3 is 9.64 Å². The van der Waals surface area contributed by atoms with Crippen LogP contribution < -0.4 is 4.74 Å². The molecule has 2 aromatic heterocycles. The van der Waals surface area contributed by atoms with Gasteiger partial charge in [-0.1, -0.05) is 13.3 Å². The molecule has 1 saturated heterocycles. The largest absolute Gasteiger partial charge is 0.481 e. The van der Waals surface area contributed by atoms with Crippen LogP contribution in [-0.2, 0) is 6.42 Å². The van der Waals surface area contributed by atoms with E-state index < -0.39 is 0 Å². The lowest BCUT2D eigenvalue weighted by atomic mass is 10.1. The number of halogens is 1. The van der Waals surface area contributed by atoms with Crippen molar-refractivity contribution in [3.63, 3.8) is 0 Å². The van der Waals surface area contributed by atoms with E-state index in [1.807, 2.05) is 6.07 Å². The normalized spacial score (nSPS) is 19.0. The number of likely N-dealkylation sites (tertiary alicyclic amines) is 1. The summed E-state index contributed by atoms with van der Waals surface area (Å²) in [6, 6.07) is 3.58. The first-order chi connectivity index (χ1) is 10.7. The maximum atomic E-state index is 14.2. The maximum absolute atomic E-state index is 14.2.